The molecule has 2 heterocycles. The van der Waals surface area contributed by atoms with E-state index in [1.54, 1.807) is 24.0 Å². The van der Waals surface area contributed by atoms with Gasteiger partial charge in [-0.25, -0.2) is 0 Å². The molecule has 1 aromatic heterocycles. The monoisotopic (exact) mass is 332 g/mol. The van der Waals surface area contributed by atoms with Crippen molar-refractivity contribution in [2.45, 2.75) is 19.4 Å². The molecule has 0 aliphatic carbocycles. The number of nitrogens with zero attached hydrogens (tertiary/aromatic N) is 1. The summed E-state index contributed by atoms with van der Waals surface area (Å²) in [5.41, 5.74) is 0.639. The Morgan fingerprint density at radius 3 is 2.96 bits per heavy atom. The Kier molecular flexibility index (Phi) is 4.39. The van der Waals surface area contributed by atoms with Gasteiger partial charge in [0, 0.05) is 35.9 Å². The molecule has 120 valence electrons. The summed E-state index contributed by atoms with van der Waals surface area (Å²) in [5.74, 6) is 0.424. The van der Waals surface area contributed by atoms with E-state index >= 15 is 0 Å². The van der Waals surface area contributed by atoms with Gasteiger partial charge in [0.1, 0.15) is 17.4 Å². The van der Waals surface area contributed by atoms with Crippen LogP contribution < -0.4 is 10.2 Å². The lowest BCUT2D eigenvalue weighted by Crippen LogP contribution is -2.34. The Bertz CT molecular complexity index is 787. The molecule has 1 amide bonds. The van der Waals surface area contributed by atoms with E-state index in [4.69, 9.17) is 16.3 Å². The van der Waals surface area contributed by atoms with Crippen molar-refractivity contribution in [3.8, 4) is 5.75 Å². The van der Waals surface area contributed by atoms with Gasteiger partial charge in [0.15, 0.2) is 5.43 Å². The van der Waals surface area contributed by atoms with Crippen molar-refractivity contribution in [2.75, 3.05) is 13.1 Å². The molecule has 1 aliphatic heterocycles. The van der Waals surface area contributed by atoms with Crippen LogP contribution in [0.1, 0.15) is 22.5 Å². The van der Waals surface area contributed by atoms with Gasteiger partial charge >= 0.3 is 0 Å². The quantitative estimate of drug-likeness (QED) is 0.939. The van der Waals surface area contributed by atoms with E-state index in [0.717, 1.165) is 12.1 Å². The number of aromatic amines is 1. The van der Waals surface area contributed by atoms with Crippen LogP contribution in [0.3, 0.4) is 0 Å². The van der Waals surface area contributed by atoms with Crippen LogP contribution in [0.15, 0.2) is 41.3 Å². The first-order valence-electron chi connectivity index (χ1n) is 7.44. The number of amides is 1. The second-order valence-corrected chi connectivity index (χ2v) is 6.07. The van der Waals surface area contributed by atoms with Crippen molar-refractivity contribution in [1.29, 1.82) is 0 Å². The number of pyridine rings is 1. The molecule has 0 radical (unpaired) electrons. The molecule has 1 atom stereocenters. The number of aryl methyl sites for hydroxylation is 1. The first kappa shape index (κ1) is 15.6. The van der Waals surface area contributed by atoms with Gasteiger partial charge in [-0.2, -0.15) is 0 Å². The highest BCUT2D eigenvalue weighted by atomic mass is 35.5. The van der Waals surface area contributed by atoms with Crippen LogP contribution in [-0.4, -0.2) is 35.0 Å². The number of likely N-dealkylation sites (tertiary alicyclic amines) is 1. The first-order chi connectivity index (χ1) is 11.0. The third kappa shape index (κ3) is 3.56. The molecular formula is C17H17ClN2O3. The zero-order valence-corrected chi connectivity index (χ0v) is 13.5. The van der Waals surface area contributed by atoms with Crippen molar-refractivity contribution in [1.82, 2.24) is 9.88 Å². The van der Waals surface area contributed by atoms with E-state index in [0.29, 0.717) is 23.9 Å². The van der Waals surface area contributed by atoms with Crippen LogP contribution >= 0.6 is 11.6 Å². The molecule has 5 nitrogen and oxygen atoms in total. The van der Waals surface area contributed by atoms with Crippen molar-refractivity contribution in [2.24, 2.45) is 0 Å². The number of ether oxygens (including phenoxy) is 1. The van der Waals surface area contributed by atoms with Crippen molar-refractivity contribution >= 4 is 17.5 Å². The average molecular weight is 333 g/mol. The highest BCUT2D eigenvalue weighted by molar-refractivity contribution is 6.30. The zero-order chi connectivity index (χ0) is 16.4. The van der Waals surface area contributed by atoms with Crippen molar-refractivity contribution in [3.05, 3.63) is 63.0 Å². The first-order valence-corrected chi connectivity index (χ1v) is 7.81. The number of benzene rings is 1. The Balaban J connectivity index is 1.67. The average Bonchev–Trinajstić information content (AvgIpc) is 2.95. The maximum Gasteiger partial charge on any atom is 0.259 e. The highest BCUT2D eigenvalue weighted by Crippen LogP contribution is 2.22. The number of halogens is 1. The van der Waals surface area contributed by atoms with Crippen LogP contribution in [0.4, 0.5) is 0 Å². The fraction of sp³-hybridized carbons (Fsp3) is 0.294. The molecule has 1 fully saturated rings. The highest BCUT2D eigenvalue weighted by Gasteiger charge is 2.29. The molecule has 23 heavy (non-hydrogen) atoms. The van der Waals surface area contributed by atoms with Crippen LogP contribution in [0.2, 0.25) is 5.02 Å². The SMILES string of the molecule is Cc1cc(=O)c(C(=O)N2CCC(Oc3cccc(Cl)c3)C2)c[nH]1. The third-order valence-electron chi connectivity index (χ3n) is 3.82. The van der Waals surface area contributed by atoms with E-state index in [1.165, 1.54) is 12.3 Å². The van der Waals surface area contributed by atoms with E-state index in [9.17, 15) is 9.59 Å². The minimum atomic E-state index is -0.261. The molecule has 1 N–H and O–H groups in total. The van der Waals surface area contributed by atoms with Gasteiger partial charge in [0.05, 0.1) is 6.54 Å². The minimum absolute atomic E-state index is 0.0954. The molecule has 0 bridgehead atoms. The van der Waals surface area contributed by atoms with Crippen LogP contribution in [0, 0.1) is 6.92 Å². The van der Waals surface area contributed by atoms with Crippen LogP contribution in [0.5, 0.6) is 5.75 Å². The number of aromatic nitrogens is 1. The number of H-pyrrole nitrogens is 1. The minimum Gasteiger partial charge on any atom is -0.488 e. The smallest absolute Gasteiger partial charge is 0.259 e. The number of carbonyl (C=O) groups excluding carboxylic acids is 1. The standard InChI is InChI=1S/C17H17ClN2O3/c1-11-7-16(21)15(9-19-11)17(22)20-6-5-14(10-20)23-13-4-2-3-12(18)8-13/h2-4,7-9,14H,5-6,10H2,1H3,(H,19,21). The fourth-order valence-electron chi connectivity index (χ4n) is 2.65. The van der Waals surface area contributed by atoms with Gasteiger partial charge in [-0.1, -0.05) is 17.7 Å². The maximum atomic E-state index is 12.5. The predicted molar refractivity (Wildman–Crippen MR) is 88.2 cm³/mol. The summed E-state index contributed by atoms with van der Waals surface area (Å²) in [6.45, 7) is 2.80. The summed E-state index contributed by atoms with van der Waals surface area (Å²) >= 11 is 5.94. The van der Waals surface area contributed by atoms with Gasteiger partial charge in [0.25, 0.3) is 5.91 Å². The maximum absolute atomic E-state index is 12.5. The fourth-order valence-corrected chi connectivity index (χ4v) is 2.83. The van der Waals surface area contributed by atoms with Crippen molar-refractivity contribution in [3.63, 3.8) is 0 Å². The third-order valence-corrected chi connectivity index (χ3v) is 4.05. The van der Waals surface area contributed by atoms with Gasteiger partial charge < -0.3 is 14.6 Å². The number of carbonyl (C=O) groups is 1. The van der Waals surface area contributed by atoms with Crippen LogP contribution in [0.25, 0.3) is 0 Å². The van der Waals surface area contributed by atoms with Crippen LogP contribution in [-0.2, 0) is 0 Å². The Hall–Kier alpha value is -2.27. The summed E-state index contributed by atoms with van der Waals surface area (Å²) in [7, 11) is 0. The number of nitrogens with one attached hydrogen (secondary N) is 1. The number of hydrogen-bond acceptors (Lipinski definition) is 3. The van der Waals surface area contributed by atoms with Gasteiger partial charge in [-0.05, 0) is 25.1 Å². The van der Waals surface area contributed by atoms with Gasteiger partial charge in [-0.3, -0.25) is 9.59 Å². The topological polar surface area (TPSA) is 62.4 Å². The molecule has 1 aromatic carbocycles. The Morgan fingerprint density at radius 1 is 1.39 bits per heavy atom. The molecule has 0 spiro atoms. The number of hydrogen-bond donors (Lipinski definition) is 1. The summed E-state index contributed by atoms with van der Waals surface area (Å²) in [5, 5.41) is 0.611. The van der Waals surface area contributed by atoms with Crippen molar-refractivity contribution < 1.29 is 9.53 Å². The molecule has 3 rings (SSSR count). The molecule has 1 saturated heterocycles. The largest absolute Gasteiger partial charge is 0.488 e. The van der Waals surface area contributed by atoms with E-state index in [1.807, 2.05) is 12.1 Å². The summed E-state index contributed by atoms with van der Waals surface area (Å²) < 4.78 is 5.86. The summed E-state index contributed by atoms with van der Waals surface area (Å²) in [6, 6.07) is 8.62. The molecule has 1 aliphatic rings. The molecule has 1 unspecified atom stereocenters. The summed E-state index contributed by atoms with van der Waals surface area (Å²) in [6.07, 6.45) is 2.11. The van der Waals surface area contributed by atoms with Gasteiger partial charge in [-0.15, -0.1) is 0 Å². The Morgan fingerprint density at radius 2 is 2.22 bits per heavy atom. The van der Waals surface area contributed by atoms with Gasteiger partial charge in [0.2, 0.25) is 0 Å². The molecule has 6 heteroatoms. The lowest BCUT2D eigenvalue weighted by atomic mass is 10.2. The second kappa shape index (κ2) is 6.46. The lowest BCUT2D eigenvalue weighted by molar-refractivity contribution is 0.0770. The molecule has 2 aromatic rings. The van der Waals surface area contributed by atoms with E-state index in [2.05, 4.69) is 4.98 Å². The molecular weight excluding hydrogens is 316 g/mol. The second-order valence-electron chi connectivity index (χ2n) is 5.63. The van der Waals surface area contributed by atoms with E-state index in [-0.39, 0.29) is 23.0 Å². The zero-order valence-electron chi connectivity index (χ0n) is 12.7. The lowest BCUT2D eigenvalue weighted by Gasteiger charge is -2.17. The number of rotatable bonds is 3. The Labute approximate surface area is 138 Å². The normalized spacial score (nSPS) is 17.3. The summed E-state index contributed by atoms with van der Waals surface area (Å²) in [4.78, 5) is 29.0. The molecule has 0 saturated carbocycles. The predicted octanol–water partition coefficient (Wildman–Crippen LogP) is 2.63. The van der Waals surface area contributed by atoms with E-state index < -0.39 is 0 Å².